The lowest BCUT2D eigenvalue weighted by Gasteiger charge is -2.15. The fraction of sp³-hybridized carbons (Fsp3) is 1.00. The molecule has 66 valence electrons. The van der Waals surface area contributed by atoms with Gasteiger partial charge in [-0.1, -0.05) is 12.8 Å². The van der Waals surface area contributed by atoms with E-state index in [1.165, 1.54) is 0 Å². The molecule has 0 aromatic rings. The second-order valence-electron chi connectivity index (χ2n) is 2.88. The summed E-state index contributed by atoms with van der Waals surface area (Å²) in [7, 11) is 0. The van der Waals surface area contributed by atoms with Crippen LogP contribution in [0.3, 0.4) is 0 Å². The lowest BCUT2D eigenvalue weighted by Crippen LogP contribution is -2.01. The largest absolute Gasteiger partial charge is 0.318 e. The standard InChI is InChI=1S/C7H14ClO2P/c1-2-10-11(8,9)7-5-3-4-6-7/h7H,2-6H2,1H3. The van der Waals surface area contributed by atoms with Gasteiger partial charge in [-0.3, -0.25) is 4.57 Å². The Labute approximate surface area is 72.5 Å². The molecule has 1 unspecified atom stereocenters. The minimum absolute atomic E-state index is 0.129. The predicted molar refractivity (Wildman–Crippen MR) is 47.3 cm³/mol. The van der Waals surface area contributed by atoms with E-state index in [4.69, 9.17) is 15.8 Å². The van der Waals surface area contributed by atoms with Crippen LogP contribution >= 0.6 is 18.0 Å². The van der Waals surface area contributed by atoms with E-state index < -0.39 is 6.72 Å². The maximum absolute atomic E-state index is 11.6. The van der Waals surface area contributed by atoms with Crippen LogP contribution < -0.4 is 0 Å². The Morgan fingerprint density at radius 3 is 2.55 bits per heavy atom. The van der Waals surface area contributed by atoms with Crippen LogP contribution in [0.1, 0.15) is 32.6 Å². The van der Waals surface area contributed by atoms with Crippen LogP contribution in [0.25, 0.3) is 0 Å². The van der Waals surface area contributed by atoms with Crippen molar-refractivity contribution >= 4 is 18.0 Å². The van der Waals surface area contributed by atoms with Crippen molar-refractivity contribution in [3.05, 3.63) is 0 Å². The Bertz CT molecular complexity index is 166. The van der Waals surface area contributed by atoms with Gasteiger partial charge in [-0.05, 0) is 31.0 Å². The van der Waals surface area contributed by atoms with Gasteiger partial charge >= 0.3 is 0 Å². The van der Waals surface area contributed by atoms with E-state index in [1.807, 2.05) is 6.92 Å². The average molecular weight is 197 g/mol. The first kappa shape index (κ1) is 9.57. The van der Waals surface area contributed by atoms with Gasteiger partial charge < -0.3 is 4.52 Å². The van der Waals surface area contributed by atoms with Crippen molar-refractivity contribution in [3.8, 4) is 0 Å². The molecule has 4 heteroatoms. The third-order valence-corrected chi connectivity index (χ3v) is 5.19. The van der Waals surface area contributed by atoms with Gasteiger partial charge in [0.15, 0.2) is 0 Å². The normalized spacial score (nSPS) is 25.3. The highest BCUT2D eigenvalue weighted by Crippen LogP contribution is 2.61. The van der Waals surface area contributed by atoms with Crippen LogP contribution in [-0.2, 0) is 9.09 Å². The number of rotatable bonds is 3. The van der Waals surface area contributed by atoms with Gasteiger partial charge in [-0.25, -0.2) is 0 Å². The summed E-state index contributed by atoms with van der Waals surface area (Å²) in [6.45, 7) is -0.489. The van der Waals surface area contributed by atoms with Crippen molar-refractivity contribution in [2.24, 2.45) is 0 Å². The summed E-state index contributed by atoms with van der Waals surface area (Å²) in [6, 6.07) is 0. The third kappa shape index (κ3) is 2.47. The molecule has 11 heavy (non-hydrogen) atoms. The molecule has 1 atom stereocenters. The molecule has 0 aliphatic heterocycles. The fourth-order valence-electron chi connectivity index (χ4n) is 1.49. The molecule has 2 nitrogen and oxygen atoms in total. The van der Waals surface area contributed by atoms with E-state index >= 15 is 0 Å². The van der Waals surface area contributed by atoms with Crippen LogP contribution in [0.5, 0.6) is 0 Å². The van der Waals surface area contributed by atoms with E-state index in [2.05, 4.69) is 0 Å². The van der Waals surface area contributed by atoms with E-state index in [-0.39, 0.29) is 5.66 Å². The van der Waals surface area contributed by atoms with Crippen molar-refractivity contribution in [1.29, 1.82) is 0 Å². The number of hydrogen-bond donors (Lipinski definition) is 0. The maximum atomic E-state index is 11.6. The molecule has 1 fully saturated rings. The topological polar surface area (TPSA) is 26.3 Å². The van der Waals surface area contributed by atoms with Gasteiger partial charge in [0.1, 0.15) is 0 Å². The molecule has 0 radical (unpaired) electrons. The zero-order chi connectivity index (χ0) is 8.32. The summed E-state index contributed by atoms with van der Waals surface area (Å²) in [5, 5.41) is 0. The summed E-state index contributed by atoms with van der Waals surface area (Å²) >= 11 is 5.78. The van der Waals surface area contributed by atoms with Crippen molar-refractivity contribution < 1.29 is 9.09 Å². The molecule has 0 heterocycles. The Kier molecular flexibility index (Phi) is 3.42. The Hall–Kier alpha value is 0.480. The maximum Gasteiger partial charge on any atom is 0.293 e. The molecule has 1 saturated carbocycles. The first-order valence-corrected chi connectivity index (χ1v) is 6.70. The van der Waals surface area contributed by atoms with Crippen molar-refractivity contribution in [1.82, 2.24) is 0 Å². The monoisotopic (exact) mass is 196 g/mol. The van der Waals surface area contributed by atoms with E-state index in [9.17, 15) is 4.57 Å². The highest BCUT2D eigenvalue weighted by Gasteiger charge is 2.33. The second-order valence-corrected chi connectivity index (χ2v) is 6.32. The first-order chi connectivity index (χ1) is 5.17. The Morgan fingerprint density at radius 2 is 2.09 bits per heavy atom. The minimum atomic E-state index is -2.77. The number of hydrogen-bond acceptors (Lipinski definition) is 2. The van der Waals surface area contributed by atoms with Gasteiger partial charge in [0.05, 0.1) is 12.3 Å². The fourth-order valence-corrected chi connectivity index (χ4v) is 3.92. The summed E-state index contributed by atoms with van der Waals surface area (Å²) in [4.78, 5) is 0. The van der Waals surface area contributed by atoms with Gasteiger partial charge in [-0.2, -0.15) is 0 Å². The third-order valence-electron chi connectivity index (χ3n) is 2.07. The summed E-state index contributed by atoms with van der Waals surface area (Å²) in [5.41, 5.74) is 0.129. The first-order valence-electron chi connectivity index (χ1n) is 4.10. The Balaban J connectivity index is 2.48. The molecular formula is C7H14ClO2P. The molecule has 0 bridgehead atoms. The highest BCUT2D eigenvalue weighted by atomic mass is 35.7. The molecule has 1 aliphatic carbocycles. The molecule has 0 spiro atoms. The molecule has 1 aliphatic rings. The van der Waals surface area contributed by atoms with Gasteiger partial charge in [0.2, 0.25) is 0 Å². The van der Waals surface area contributed by atoms with Crippen LogP contribution in [0.4, 0.5) is 0 Å². The van der Waals surface area contributed by atoms with Crippen LogP contribution in [-0.4, -0.2) is 12.3 Å². The lowest BCUT2D eigenvalue weighted by atomic mass is 10.4. The smallest absolute Gasteiger partial charge is 0.293 e. The molecule has 0 amide bonds. The summed E-state index contributed by atoms with van der Waals surface area (Å²) < 4.78 is 16.6. The predicted octanol–water partition coefficient (Wildman–Crippen LogP) is 3.40. The highest BCUT2D eigenvalue weighted by molar-refractivity contribution is 7.85. The van der Waals surface area contributed by atoms with Crippen molar-refractivity contribution in [2.75, 3.05) is 6.61 Å². The summed E-state index contributed by atoms with van der Waals surface area (Å²) in [5.74, 6) is 0. The van der Waals surface area contributed by atoms with Crippen molar-refractivity contribution in [2.45, 2.75) is 38.3 Å². The lowest BCUT2D eigenvalue weighted by molar-refractivity contribution is 0.337. The van der Waals surface area contributed by atoms with Crippen LogP contribution in [0.2, 0.25) is 0 Å². The number of halogens is 1. The Morgan fingerprint density at radius 1 is 1.55 bits per heavy atom. The molecule has 0 aromatic heterocycles. The second kappa shape index (κ2) is 3.93. The van der Waals surface area contributed by atoms with E-state index in [0.29, 0.717) is 6.61 Å². The van der Waals surface area contributed by atoms with Gasteiger partial charge in [0, 0.05) is 0 Å². The zero-order valence-corrected chi connectivity index (χ0v) is 8.40. The molecule has 0 N–H and O–H groups in total. The van der Waals surface area contributed by atoms with Gasteiger partial charge in [0.25, 0.3) is 6.72 Å². The zero-order valence-electron chi connectivity index (χ0n) is 6.75. The molecule has 1 rings (SSSR count). The van der Waals surface area contributed by atoms with Crippen LogP contribution in [0.15, 0.2) is 0 Å². The van der Waals surface area contributed by atoms with E-state index in [0.717, 1.165) is 25.7 Å². The van der Waals surface area contributed by atoms with E-state index in [1.54, 1.807) is 0 Å². The quantitative estimate of drug-likeness (QED) is 0.647. The SMILES string of the molecule is CCOP(=O)(Cl)C1CCCC1. The molecule has 0 aromatic carbocycles. The minimum Gasteiger partial charge on any atom is -0.318 e. The van der Waals surface area contributed by atoms with Crippen LogP contribution in [0, 0.1) is 0 Å². The average Bonchev–Trinajstić information content (AvgIpc) is 2.37. The molecular weight excluding hydrogens is 183 g/mol. The van der Waals surface area contributed by atoms with Gasteiger partial charge in [-0.15, -0.1) is 0 Å². The molecule has 0 saturated heterocycles. The van der Waals surface area contributed by atoms with Crippen molar-refractivity contribution in [3.63, 3.8) is 0 Å². The summed E-state index contributed by atoms with van der Waals surface area (Å²) in [6.07, 6.45) is 4.24.